The fourth-order valence-electron chi connectivity index (χ4n) is 2.77. The first kappa shape index (κ1) is 22.6. The van der Waals surface area contributed by atoms with E-state index in [9.17, 15) is 24.0 Å². The summed E-state index contributed by atoms with van der Waals surface area (Å²) >= 11 is 0. The molecule has 1 aliphatic heterocycles. The minimum absolute atomic E-state index is 0.154. The molecule has 1 rings (SSSR count). The fraction of sp³-hybridized carbons (Fsp3) is 0.706. The summed E-state index contributed by atoms with van der Waals surface area (Å²) in [6.07, 6.45) is -5.80. The fourth-order valence-corrected chi connectivity index (χ4v) is 2.77. The smallest absolute Gasteiger partial charge is 0.303 e. The van der Waals surface area contributed by atoms with Gasteiger partial charge >= 0.3 is 23.9 Å². The largest absolute Gasteiger partial charge is 0.463 e. The number of hydrogen-bond acceptors (Lipinski definition) is 10. The lowest BCUT2D eigenvalue weighted by Gasteiger charge is -2.44. The van der Waals surface area contributed by atoms with Gasteiger partial charge in [0, 0.05) is 34.1 Å². The number of Topliss-reactive ketones (excluding diaryl/α,β-unsaturated/α-hetero) is 1. The van der Waals surface area contributed by atoms with Crippen molar-refractivity contribution in [2.75, 3.05) is 6.61 Å². The van der Waals surface area contributed by atoms with Gasteiger partial charge in [0.25, 0.3) is 0 Å². The highest BCUT2D eigenvalue weighted by Crippen LogP contribution is 2.30. The van der Waals surface area contributed by atoms with Crippen LogP contribution >= 0.6 is 0 Å². The lowest BCUT2D eigenvalue weighted by molar-refractivity contribution is -0.252. The van der Waals surface area contributed by atoms with E-state index in [2.05, 4.69) is 0 Å². The van der Waals surface area contributed by atoms with Crippen LogP contribution in [0.3, 0.4) is 0 Å². The zero-order valence-corrected chi connectivity index (χ0v) is 15.9. The molecule has 1 heterocycles. The molecule has 1 fully saturated rings. The van der Waals surface area contributed by atoms with Gasteiger partial charge in [-0.2, -0.15) is 0 Å². The van der Waals surface area contributed by atoms with Crippen molar-refractivity contribution in [2.45, 2.75) is 71.6 Å². The average Bonchev–Trinajstić information content (AvgIpc) is 2.49. The summed E-state index contributed by atoms with van der Waals surface area (Å²) in [7, 11) is 0. The molecule has 0 radical (unpaired) electrons. The SMILES string of the molecule is CC(=O)C[C@@H]1O[C@H](COC(C)=O)[C@H](OC(C)=O)[C@H](OC(C)=O)[C@H]1OC(C)=O. The summed E-state index contributed by atoms with van der Waals surface area (Å²) in [6.45, 7) is 5.59. The van der Waals surface area contributed by atoms with E-state index in [1.807, 2.05) is 0 Å². The summed E-state index contributed by atoms with van der Waals surface area (Å²) in [5, 5.41) is 0. The summed E-state index contributed by atoms with van der Waals surface area (Å²) in [6, 6.07) is 0. The summed E-state index contributed by atoms with van der Waals surface area (Å²) in [5.74, 6) is -3.00. The third-order valence-corrected chi connectivity index (χ3v) is 3.58. The predicted molar refractivity (Wildman–Crippen MR) is 87.3 cm³/mol. The van der Waals surface area contributed by atoms with Crippen molar-refractivity contribution in [3.05, 3.63) is 0 Å². The second-order valence-corrected chi connectivity index (χ2v) is 6.14. The number of rotatable bonds is 7. The first-order chi connectivity index (χ1) is 12.5. The van der Waals surface area contributed by atoms with Crippen LogP contribution in [0.5, 0.6) is 0 Å². The average molecular weight is 388 g/mol. The van der Waals surface area contributed by atoms with E-state index in [0.29, 0.717) is 0 Å². The third kappa shape index (κ3) is 7.33. The normalized spacial score (nSPS) is 27.2. The van der Waals surface area contributed by atoms with Gasteiger partial charge in [0.1, 0.15) is 24.6 Å². The second-order valence-electron chi connectivity index (χ2n) is 6.14. The second kappa shape index (κ2) is 10.0. The van der Waals surface area contributed by atoms with E-state index < -0.39 is 54.4 Å². The summed E-state index contributed by atoms with van der Waals surface area (Å²) < 4.78 is 26.3. The molecule has 10 nitrogen and oxygen atoms in total. The Labute approximate surface area is 156 Å². The van der Waals surface area contributed by atoms with Crippen LogP contribution in [-0.4, -0.2) is 66.8 Å². The molecule has 10 heteroatoms. The highest BCUT2D eigenvalue weighted by molar-refractivity contribution is 5.76. The molecule has 1 aliphatic rings. The van der Waals surface area contributed by atoms with Crippen LogP contribution in [0.1, 0.15) is 41.0 Å². The molecule has 0 N–H and O–H groups in total. The van der Waals surface area contributed by atoms with Gasteiger partial charge in [0.2, 0.25) is 0 Å². The van der Waals surface area contributed by atoms with Gasteiger partial charge in [0.05, 0.1) is 0 Å². The molecule has 0 spiro atoms. The molecule has 0 amide bonds. The molecular formula is C17H24O10. The van der Waals surface area contributed by atoms with Crippen molar-refractivity contribution in [1.29, 1.82) is 0 Å². The van der Waals surface area contributed by atoms with Crippen LogP contribution in [0.2, 0.25) is 0 Å². The highest BCUT2D eigenvalue weighted by Gasteiger charge is 2.52. The molecule has 27 heavy (non-hydrogen) atoms. The van der Waals surface area contributed by atoms with Gasteiger partial charge in [-0.1, -0.05) is 0 Å². The number of ether oxygens (including phenoxy) is 5. The maximum Gasteiger partial charge on any atom is 0.303 e. The number of ketones is 1. The van der Waals surface area contributed by atoms with Crippen LogP contribution in [-0.2, 0) is 47.7 Å². The quantitative estimate of drug-likeness (QED) is 0.436. The van der Waals surface area contributed by atoms with Gasteiger partial charge < -0.3 is 23.7 Å². The zero-order valence-electron chi connectivity index (χ0n) is 15.9. The van der Waals surface area contributed by atoms with E-state index in [1.54, 1.807) is 0 Å². The Kier molecular flexibility index (Phi) is 8.35. The minimum atomic E-state index is -1.24. The van der Waals surface area contributed by atoms with Crippen LogP contribution in [0.4, 0.5) is 0 Å². The van der Waals surface area contributed by atoms with Crippen molar-refractivity contribution in [3.8, 4) is 0 Å². The number of carbonyl (C=O) groups is 5. The lowest BCUT2D eigenvalue weighted by atomic mass is 9.92. The molecule has 0 bridgehead atoms. The first-order valence-corrected chi connectivity index (χ1v) is 8.31. The molecule has 1 saturated heterocycles. The van der Waals surface area contributed by atoms with Crippen molar-refractivity contribution >= 4 is 29.7 Å². The first-order valence-electron chi connectivity index (χ1n) is 8.31. The van der Waals surface area contributed by atoms with Crippen molar-refractivity contribution in [1.82, 2.24) is 0 Å². The molecule has 0 saturated carbocycles. The van der Waals surface area contributed by atoms with E-state index in [0.717, 1.165) is 20.8 Å². The molecule has 0 aromatic rings. The van der Waals surface area contributed by atoms with Gasteiger partial charge in [-0.25, -0.2) is 0 Å². The molecule has 5 atom stereocenters. The zero-order chi connectivity index (χ0) is 20.7. The van der Waals surface area contributed by atoms with Gasteiger partial charge in [-0.3, -0.25) is 24.0 Å². The van der Waals surface area contributed by atoms with Gasteiger partial charge in [-0.15, -0.1) is 0 Å². The third-order valence-electron chi connectivity index (χ3n) is 3.58. The Hall–Kier alpha value is -2.49. The Morgan fingerprint density at radius 2 is 1.11 bits per heavy atom. The molecule has 0 unspecified atom stereocenters. The van der Waals surface area contributed by atoms with E-state index in [-0.39, 0.29) is 18.8 Å². The van der Waals surface area contributed by atoms with Gasteiger partial charge in [-0.05, 0) is 6.92 Å². The van der Waals surface area contributed by atoms with Crippen LogP contribution < -0.4 is 0 Å². The number of esters is 4. The van der Waals surface area contributed by atoms with E-state index >= 15 is 0 Å². The maximum absolute atomic E-state index is 11.6. The van der Waals surface area contributed by atoms with Crippen LogP contribution in [0.25, 0.3) is 0 Å². The monoisotopic (exact) mass is 388 g/mol. The van der Waals surface area contributed by atoms with Crippen molar-refractivity contribution in [2.24, 2.45) is 0 Å². The minimum Gasteiger partial charge on any atom is -0.463 e. The van der Waals surface area contributed by atoms with Crippen LogP contribution in [0, 0.1) is 0 Å². The number of carbonyl (C=O) groups excluding carboxylic acids is 5. The highest BCUT2D eigenvalue weighted by atomic mass is 16.7. The van der Waals surface area contributed by atoms with Gasteiger partial charge in [0.15, 0.2) is 18.3 Å². The summed E-state index contributed by atoms with van der Waals surface area (Å²) in [5.41, 5.74) is 0. The Morgan fingerprint density at radius 1 is 0.667 bits per heavy atom. The maximum atomic E-state index is 11.6. The van der Waals surface area contributed by atoms with E-state index in [1.165, 1.54) is 13.8 Å². The number of hydrogen-bond donors (Lipinski definition) is 0. The Balaban J connectivity index is 3.29. The summed E-state index contributed by atoms with van der Waals surface area (Å²) in [4.78, 5) is 57.4. The molecule has 0 aromatic carbocycles. The Morgan fingerprint density at radius 3 is 1.52 bits per heavy atom. The van der Waals surface area contributed by atoms with E-state index in [4.69, 9.17) is 23.7 Å². The predicted octanol–water partition coefficient (Wildman–Crippen LogP) is 0.0911. The molecule has 0 aromatic heterocycles. The Bertz CT molecular complexity index is 599. The standard InChI is InChI=1S/C17H24O10/c1-8(18)6-13-15(24-10(3)20)17(26-12(5)22)16(25-11(4)21)14(27-13)7-23-9(2)19/h13-17H,6-7H2,1-5H3/t13-,14+,15-,16-,17+/m0/s1. The van der Waals surface area contributed by atoms with Crippen LogP contribution in [0.15, 0.2) is 0 Å². The molecule has 152 valence electrons. The topological polar surface area (TPSA) is 132 Å². The molecule has 0 aliphatic carbocycles. The lowest BCUT2D eigenvalue weighted by Crippen LogP contribution is -2.62. The molecular weight excluding hydrogens is 364 g/mol. The van der Waals surface area contributed by atoms with Crippen molar-refractivity contribution in [3.63, 3.8) is 0 Å². The van der Waals surface area contributed by atoms with Crippen molar-refractivity contribution < 1.29 is 47.7 Å².